The summed E-state index contributed by atoms with van der Waals surface area (Å²) in [6.45, 7) is 1.66. The van der Waals surface area contributed by atoms with Crippen LogP contribution in [-0.4, -0.2) is 54.3 Å². The third-order valence-corrected chi connectivity index (χ3v) is 3.65. The van der Waals surface area contributed by atoms with Crippen LogP contribution in [-0.2, 0) is 4.74 Å². The second-order valence-corrected chi connectivity index (χ2v) is 5.47. The highest BCUT2D eigenvalue weighted by Crippen LogP contribution is 2.52. The Morgan fingerprint density at radius 3 is 1.70 bits per heavy atom. The van der Waals surface area contributed by atoms with Crippen molar-refractivity contribution in [1.29, 1.82) is 0 Å². The van der Waals surface area contributed by atoms with E-state index in [9.17, 15) is 45.3 Å². The molecule has 10 heteroatoms. The quantitative estimate of drug-likeness (QED) is 0.298. The zero-order valence-electron chi connectivity index (χ0n) is 13.9. The minimum absolute atomic E-state index is 0.0424. The predicted molar refractivity (Wildman–Crippen MR) is 89.4 cm³/mol. The lowest BCUT2D eigenvalue weighted by Gasteiger charge is -2.17. The highest BCUT2D eigenvalue weighted by Gasteiger charge is 2.31. The Bertz CT molecular complexity index is 932. The highest BCUT2D eigenvalue weighted by molar-refractivity contribution is 6.07. The third kappa shape index (κ3) is 3.32. The number of esters is 1. The number of carbonyl (C=O) groups excluding carboxylic acids is 1. The number of aromatic hydroxyl groups is 6. The molecule has 2 rings (SSSR count). The molecule has 0 unspecified atom stereocenters. The second kappa shape index (κ2) is 7.20. The van der Waals surface area contributed by atoms with Crippen LogP contribution in [0, 0.1) is 0 Å². The number of phenolic OH excluding ortho intramolecular Hbond substituents is 6. The smallest absolute Gasteiger partial charge is 0.339 e. The van der Waals surface area contributed by atoms with E-state index in [1.165, 1.54) is 0 Å². The normalized spacial score (nSPS) is 10.6. The van der Waals surface area contributed by atoms with E-state index in [4.69, 9.17) is 4.74 Å². The molecule has 0 aromatic heterocycles. The van der Waals surface area contributed by atoms with E-state index in [0.717, 1.165) is 0 Å². The summed E-state index contributed by atoms with van der Waals surface area (Å²) in [6, 6.07) is 1.29. The van der Waals surface area contributed by atoms with Gasteiger partial charge >= 0.3 is 11.9 Å². The Hall–Kier alpha value is -3.82. The molecule has 0 aliphatic carbocycles. The Kier molecular flexibility index (Phi) is 5.20. The molecule has 0 saturated carbocycles. The summed E-state index contributed by atoms with van der Waals surface area (Å²) in [4.78, 5) is 23.8. The maximum absolute atomic E-state index is 12.3. The summed E-state index contributed by atoms with van der Waals surface area (Å²) in [5, 5.41) is 68.5. The molecule has 0 amide bonds. The van der Waals surface area contributed by atoms with E-state index in [1.54, 1.807) is 6.92 Å². The number of carbonyl (C=O) groups is 2. The van der Waals surface area contributed by atoms with Crippen LogP contribution in [0.25, 0.3) is 11.1 Å². The standard InChI is InChI=1S/C17H16O10/c1-2-3-27-17(26)7-5-9(19)13(21)15(23)11(7)10-6(16(24)25)4-8(18)12(20)14(10)22/h4-5,18-23H,2-3H2,1H3,(H,24,25). The van der Waals surface area contributed by atoms with Gasteiger partial charge in [-0.1, -0.05) is 6.92 Å². The molecule has 0 heterocycles. The highest BCUT2D eigenvalue weighted by atomic mass is 16.5. The Balaban J connectivity index is 2.94. The SMILES string of the molecule is CCCOC(=O)c1cc(O)c(O)c(O)c1-c1c(C(=O)O)cc(O)c(O)c1O. The van der Waals surface area contributed by atoms with Crippen LogP contribution < -0.4 is 0 Å². The van der Waals surface area contributed by atoms with Crippen LogP contribution in [0.5, 0.6) is 34.5 Å². The molecule has 0 aliphatic heterocycles. The zero-order chi connectivity index (χ0) is 20.5. The van der Waals surface area contributed by atoms with Gasteiger partial charge in [0.25, 0.3) is 0 Å². The van der Waals surface area contributed by atoms with Gasteiger partial charge in [0.05, 0.1) is 17.7 Å². The summed E-state index contributed by atoms with van der Waals surface area (Å²) in [7, 11) is 0. The van der Waals surface area contributed by atoms with Crippen LogP contribution in [0.1, 0.15) is 34.1 Å². The number of rotatable bonds is 5. The van der Waals surface area contributed by atoms with Gasteiger partial charge in [-0.25, -0.2) is 9.59 Å². The van der Waals surface area contributed by atoms with Gasteiger partial charge in [-0.15, -0.1) is 0 Å². The molecule has 0 radical (unpaired) electrons. The van der Waals surface area contributed by atoms with Crippen molar-refractivity contribution < 1.29 is 50.1 Å². The van der Waals surface area contributed by atoms with Crippen LogP contribution in [0.3, 0.4) is 0 Å². The van der Waals surface area contributed by atoms with Crippen LogP contribution in [0.15, 0.2) is 12.1 Å². The molecule has 0 atom stereocenters. The number of ether oxygens (including phenoxy) is 1. The lowest BCUT2D eigenvalue weighted by Crippen LogP contribution is -2.09. The van der Waals surface area contributed by atoms with Crippen molar-refractivity contribution in [2.75, 3.05) is 6.61 Å². The first kappa shape index (κ1) is 19.5. The molecular weight excluding hydrogens is 364 g/mol. The van der Waals surface area contributed by atoms with E-state index >= 15 is 0 Å². The second-order valence-electron chi connectivity index (χ2n) is 5.47. The molecule has 0 spiro atoms. The van der Waals surface area contributed by atoms with E-state index in [0.29, 0.717) is 18.6 Å². The number of phenols is 6. The molecule has 7 N–H and O–H groups in total. The van der Waals surface area contributed by atoms with Gasteiger partial charge in [0, 0.05) is 11.1 Å². The van der Waals surface area contributed by atoms with Crippen molar-refractivity contribution in [3.63, 3.8) is 0 Å². The van der Waals surface area contributed by atoms with Gasteiger partial charge in [0.15, 0.2) is 23.0 Å². The zero-order valence-corrected chi connectivity index (χ0v) is 13.9. The number of hydrogen-bond acceptors (Lipinski definition) is 9. The number of benzene rings is 2. The van der Waals surface area contributed by atoms with Gasteiger partial charge in [0.2, 0.25) is 11.5 Å². The van der Waals surface area contributed by atoms with E-state index in [1.807, 2.05) is 0 Å². The first-order valence-electron chi connectivity index (χ1n) is 7.58. The topological polar surface area (TPSA) is 185 Å². The average molecular weight is 380 g/mol. The molecule has 144 valence electrons. The fraction of sp³-hybridized carbons (Fsp3) is 0.176. The minimum atomic E-state index is -1.68. The first-order valence-corrected chi connectivity index (χ1v) is 7.58. The molecule has 10 nitrogen and oxygen atoms in total. The fourth-order valence-electron chi connectivity index (χ4n) is 2.40. The van der Waals surface area contributed by atoms with Crippen molar-refractivity contribution in [2.45, 2.75) is 13.3 Å². The number of aromatic carboxylic acids is 1. The molecule has 0 fully saturated rings. The number of carboxylic acids is 1. The van der Waals surface area contributed by atoms with Crippen molar-refractivity contribution in [1.82, 2.24) is 0 Å². The maximum atomic E-state index is 12.3. The van der Waals surface area contributed by atoms with E-state index in [2.05, 4.69) is 0 Å². The minimum Gasteiger partial charge on any atom is -0.504 e. The summed E-state index contributed by atoms with van der Waals surface area (Å²) in [5.41, 5.74) is -2.86. The van der Waals surface area contributed by atoms with Gasteiger partial charge in [0.1, 0.15) is 0 Å². The van der Waals surface area contributed by atoms with E-state index in [-0.39, 0.29) is 6.61 Å². The van der Waals surface area contributed by atoms with Crippen molar-refractivity contribution in [2.24, 2.45) is 0 Å². The average Bonchev–Trinajstić information content (AvgIpc) is 2.62. The monoisotopic (exact) mass is 380 g/mol. The summed E-state index contributed by atoms with van der Waals surface area (Å²) >= 11 is 0. The van der Waals surface area contributed by atoms with Gasteiger partial charge in [-0.3, -0.25) is 0 Å². The lowest BCUT2D eigenvalue weighted by molar-refractivity contribution is 0.0504. The summed E-state index contributed by atoms with van der Waals surface area (Å²) in [5.74, 6) is -9.17. The molecule has 0 bridgehead atoms. The number of hydrogen-bond donors (Lipinski definition) is 7. The van der Waals surface area contributed by atoms with Gasteiger partial charge < -0.3 is 40.5 Å². The first-order chi connectivity index (χ1) is 12.6. The third-order valence-electron chi connectivity index (χ3n) is 3.65. The van der Waals surface area contributed by atoms with Crippen LogP contribution >= 0.6 is 0 Å². The van der Waals surface area contributed by atoms with Crippen LogP contribution in [0.2, 0.25) is 0 Å². The van der Waals surface area contributed by atoms with Gasteiger partial charge in [-0.05, 0) is 18.6 Å². The molecule has 2 aromatic carbocycles. The molecule has 0 aliphatic rings. The Morgan fingerprint density at radius 1 is 0.815 bits per heavy atom. The molecule has 0 saturated heterocycles. The Morgan fingerprint density at radius 2 is 1.26 bits per heavy atom. The lowest BCUT2D eigenvalue weighted by atomic mass is 9.92. The molecule has 2 aromatic rings. The van der Waals surface area contributed by atoms with E-state index < -0.39 is 68.7 Å². The van der Waals surface area contributed by atoms with Gasteiger partial charge in [-0.2, -0.15) is 0 Å². The van der Waals surface area contributed by atoms with Crippen molar-refractivity contribution >= 4 is 11.9 Å². The fourth-order valence-corrected chi connectivity index (χ4v) is 2.40. The summed E-state index contributed by atoms with van der Waals surface area (Å²) in [6.07, 6.45) is 0.433. The largest absolute Gasteiger partial charge is 0.504 e. The van der Waals surface area contributed by atoms with Crippen molar-refractivity contribution in [3.05, 3.63) is 23.3 Å². The molecular formula is C17H16O10. The molecule has 27 heavy (non-hydrogen) atoms. The van der Waals surface area contributed by atoms with Crippen molar-refractivity contribution in [3.8, 4) is 45.6 Å². The summed E-state index contributed by atoms with van der Waals surface area (Å²) < 4.78 is 4.90. The van der Waals surface area contributed by atoms with Crippen LogP contribution in [0.4, 0.5) is 0 Å². The number of carboxylic acid groups (broad SMARTS) is 1. The Labute approximate surface area is 151 Å². The predicted octanol–water partition coefficient (Wildman–Crippen LogP) is 1.85. The maximum Gasteiger partial charge on any atom is 0.339 e.